The van der Waals surface area contributed by atoms with Crippen molar-refractivity contribution < 1.29 is 14.6 Å². The maximum atomic E-state index is 12.2. The molecule has 2 N–H and O–H groups in total. The second kappa shape index (κ2) is 7.50. The molecule has 20 heavy (non-hydrogen) atoms. The van der Waals surface area contributed by atoms with Gasteiger partial charge in [-0.25, -0.2) is 0 Å². The first-order chi connectivity index (χ1) is 9.51. The van der Waals surface area contributed by atoms with Gasteiger partial charge in [-0.2, -0.15) is 0 Å². The number of aliphatic hydroxyl groups is 1. The van der Waals surface area contributed by atoms with Gasteiger partial charge in [0.15, 0.2) is 0 Å². The van der Waals surface area contributed by atoms with Crippen LogP contribution in [0.5, 0.6) is 5.75 Å². The molecule has 0 saturated carbocycles. The minimum absolute atomic E-state index is 0.0536. The van der Waals surface area contributed by atoms with Gasteiger partial charge in [0, 0.05) is 17.0 Å². The van der Waals surface area contributed by atoms with Gasteiger partial charge in [0.1, 0.15) is 5.75 Å². The highest BCUT2D eigenvalue weighted by molar-refractivity contribution is 6.30. The number of ether oxygens (including phenoxy) is 1. The third-order valence-corrected chi connectivity index (χ3v) is 4.10. The summed E-state index contributed by atoms with van der Waals surface area (Å²) in [7, 11) is 1.50. The highest BCUT2D eigenvalue weighted by Crippen LogP contribution is 2.26. The second-order valence-electron chi connectivity index (χ2n) is 4.89. The lowest BCUT2D eigenvalue weighted by Crippen LogP contribution is -2.39. The van der Waals surface area contributed by atoms with E-state index in [0.717, 1.165) is 12.8 Å². The van der Waals surface area contributed by atoms with E-state index >= 15 is 0 Å². The zero-order chi connectivity index (χ0) is 15.2. The molecule has 0 spiro atoms. The van der Waals surface area contributed by atoms with Crippen molar-refractivity contribution in [2.75, 3.05) is 20.3 Å². The third-order valence-electron chi connectivity index (χ3n) is 3.87. The van der Waals surface area contributed by atoms with Crippen molar-refractivity contribution in [1.82, 2.24) is 5.32 Å². The molecular weight excluding hydrogens is 278 g/mol. The molecule has 0 heterocycles. The third kappa shape index (κ3) is 3.87. The van der Waals surface area contributed by atoms with Crippen LogP contribution in [0.15, 0.2) is 18.2 Å². The predicted molar refractivity (Wildman–Crippen MR) is 80.4 cm³/mol. The van der Waals surface area contributed by atoms with E-state index < -0.39 is 0 Å². The molecule has 0 aromatic heterocycles. The fourth-order valence-corrected chi connectivity index (χ4v) is 2.16. The molecule has 1 aromatic rings. The molecule has 0 saturated heterocycles. The molecule has 1 amide bonds. The smallest absolute Gasteiger partial charge is 0.255 e. The Morgan fingerprint density at radius 3 is 2.55 bits per heavy atom. The van der Waals surface area contributed by atoms with Crippen LogP contribution in [0.2, 0.25) is 5.02 Å². The quantitative estimate of drug-likeness (QED) is 0.814. The van der Waals surface area contributed by atoms with Crippen LogP contribution >= 0.6 is 11.6 Å². The summed E-state index contributed by atoms with van der Waals surface area (Å²) < 4.78 is 5.16. The summed E-state index contributed by atoms with van der Waals surface area (Å²) in [4.78, 5) is 12.2. The van der Waals surface area contributed by atoms with Gasteiger partial charge in [0.05, 0.1) is 19.3 Å². The Morgan fingerprint density at radius 1 is 1.40 bits per heavy atom. The van der Waals surface area contributed by atoms with Crippen molar-refractivity contribution in [3.8, 4) is 5.75 Å². The number of rotatable bonds is 7. The molecule has 0 radical (unpaired) electrons. The molecule has 0 bridgehead atoms. The average Bonchev–Trinajstić information content (AvgIpc) is 2.48. The molecule has 0 atom stereocenters. The lowest BCUT2D eigenvalue weighted by molar-refractivity contribution is 0.0848. The van der Waals surface area contributed by atoms with E-state index in [1.165, 1.54) is 7.11 Å². The first-order valence-corrected chi connectivity index (χ1v) is 7.12. The van der Waals surface area contributed by atoms with E-state index in [1.54, 1.807) is 18.2 Å². The van der Waals surface area contributed by atoms with Crippen LogP contribution in [0, 0.1) is 5.41 Å². The summed E-state index contributed by atoms with van der Waals surface area (Å²) in [5, 5.41) is 12.9. The van der Waals surface area contributed by atoms with Crippen LogP contribution in [-0.2, 0) is 0 Å². The number of carbonyl (C=O) groups is 1. The summed E-state index contributed by atoms with van der Waals surface area (Å²) >= 11 is 5.87. The maximum absolute atomic E-state index is 12.2. The zero-order valence-corrected chi connectivity index (χ0v) is 13.0. The number of benzene rings is 1. The molecule has 1 aromatic carbocycles. The van der Waals surface area contributed by atoms with Gasteiger partial charge >= 0.3 is 0 Å². The van der Waals surface area contributed by atoms with Crippen molar-refractivity contribution in [1.29, 1.82) is 0 Å². The number of carbonyl (C=O) groups excluding carboxylic acids is 1. The van der Waals surface area contributed by atoms with Crippen LogP contribution in [-0.4, -0.2) is 31.3 Å². The van der Waals surface area contributed by atoms with Crippen molar-refractivity contribution in [3.05, 3.63) is 28.8 Å². The Kier molecular flexibility index (Phi) is 6.30. The van der Waals surface area contributed by atoms with Gasteiger partial charge in [0.2, 0.25) is 0 Å². The molecular formula is C15H22ClNO3. The minimum atomic E-state index is -0.269. The highest BCUT2D eigenvalue weighted by Gasteiger charge is 2.26. The van der Waals surface area contributed by atoms with Crippen molar-refractivity contribution >= 4 is 17.5 Å². The summed E-state index contributed by atoms with van der Waals surface area (Å²) in [5.41, 5.74) is 0.172. The Bertz CT molecular complexity index is 450. The van der Waals surface area contributed by atoms with Crippen LogP contribution in [0.1, 0.15) is 37.0 Å². The van der Waals surface area contributed by atoms with Gasteiger partial charge in [-0.15, -0.1) is 0 Å². The van der Waals surface area contributed by atoms with Crippen LogP contribution in [0.3, 0.4) is 0 Å². The molecule has 0 aliphatic carbocycles. The molecule has 4 nitrogen and oxygen atoms in total. The number of methoxy groups -OCH3 is 1. The van der Waals surface area contributed by atoms with Crippen molar-refractivity contribution in [2.24, 2.45) is 5.41 Å². The molecule has 0 fully saturated rings. The van der Waals surface area contributed by atoms with E-state index in [1.807, 2.05) is 13.8 Å². The van der Waals surface area contributed by atoms with E-state index in [0.29, 0.717) is 22.9 Å². The number of aliphatic hydroxyl groups excluding tert-OH is 1. The molecule has 1 rings (SSSR count). The Hall–Kier alpha value is -1.26. The summed E-state index contributed by atoms with van der Waals surface area (Å²) in [5.74, 6) is 0.218. The standard InChI is InChI=1S/C15H22ClNO3/c1-4-15(5-2,10-18)9-17-14(19)12-7-6-11(16)8-13(12)20-3/h6-8,18H,4-5,9-10H2,1-3H3,(H,17,19). The number of hydrogen-bond acceptors (Lipinski definition) is 3. The molecule has 0 unspecified atom stereocenters. The fraction of sp³-hybridized carbons (Fsp3) is 0.533. The molecule has 0 aliphatic rings. The Morgan fingerprint density at radius 2 is 2.05 bits per heavy atom. The number of hydrogen-bond donors (Lipinski definition) is 2. The van der Waals surface area contributed by atoms with Crippen molar-refractivity contribution in [2.45, 2.75) is 26.7 Å². The van der Waals surface area contributed by atoms with Gasteiger partial charge < -0.3 is 15.2 Å². The van der Waals surface area contributed by atoms with E-state index in [2.05, 4.69) is 5.32 Å². The maximum Gasteiger partial charge on any atom is 0.255 e. The Balaban J connectivity index is 2.82. The van der Waals surface area contributed by atoms with E-state index in [4.69, 9.17) is 16.3 Å². The van der Waals surface area contributed by atoms with Crippen molar-refractivity contribution in [3.63, 3.8) is 0 Å². The molecule has 5 heteroatoms. The van der Waals surface area contributed by atoms with E-state index in [9.17, 15) is 9.90 Å². The summed E-state index contributed by atoms with van der Waals surface area (Å²) in [6.45, 7) is 4.50. The highest BCUT2D eigenvalue weighted by atomic mass is 35.5. The zero-order valence-electron chi connectivity index (χ0n) is 12.2. The number of nitrogens with one attached hydrogen (secondary N) is 1. The van der Waals surface area contributed by atoms with Crippen LogP contribution in [0.25, 0.3) is 0 Å². The molecule has 0 aliphatic heterocycles. The lowest BCUT2D eigenvalue weighted by Gasteiger charge is -2.29. The van der Waals surface area contributed by atoms with Gasteiger partial charge in [0.25, 0.3) is 5.91 Å². The summed E-state index contributed by atoms with van der Waals surface area (Å²) in [6.07, 6.45) is 1.61. The topological polar surface area (TPSA) is 58.6 Å². The lowest BCUT2D eigenvalue weighted by atomic mass is 9.83. The second-order valence-corrected chi connectivity index (χ2v) is 5.33. The summed E-state index contributed by atoms with van der Waals surface area (Å²) in [6, 6.07) is 4.89. The van der Waals surface area contributed by atoms with Gasteiger partial charge in [-0.1, -0.05) is 25.4 Å². The Labute approximate surface area is 125 Å². The first-order valence-electron chi connectivity index (χ1n) is 6.74. The fourth-order valence-electron chi connectivity index (χ4n) is 2.00. The number of halogens is 1. The van der Waals surface area contributed by atoms with E-state index in [-0.39, 0.29) is 17.9 Å². The molecule has 112 valence electrons. The SMILES string of the molecule is CCC(CC)(CO)CNC(=O)c1ccc(Cl)cc1OC. The number of amides is 1. The monoisotopic (exact) mass is 299 g/mol. The predicted octanol–water partition coefficient (Wildman–Crippen LogP) is 2.88. The normalized spacial score (nSPS) is 11.2. The first kappa shape index (κ1) is 16.8. The van der Waals surface area contributed by atoms with Crippen LogP contribution in [0.4, 0.5) is 0 Å². The largest absolute Gasteiger partial charge is 0.496 e. The van der Waals surface area contributed by atoms with Gasteiger partial charge in [-0.3, -0.25) is 4.79 Å². The van der Waals surface area contributed by atoms with Gasteiger partial charge in [-0.05, 0) is 31.0 Å². The van der Waals surface area contributed by atoms with Crippen LogP contribution < -0.4 is 10.1 Å². The average molecular weight is 300 g/mol. The minimum Gasteiger partial charge on any atom is -0.496 e.